The van der Waals surface area contributed by atoms with Gasteiger partial charge in [-0.1, -0.05) is 37.3 Å². The molecule has 0 bridgehead atoms. The number of hydrogen-bond donors (Lipinski definition) is 1. The van der Waals surface area contributed by atoms with Crippen LogP contribution in [0.1, 0.15) is 41.5 Å². The summed E-state index contributed by atoms with van der Waals surface area (Å²) >= 11 is 3.10. The number of hydrogen-bond acceptors (Lipinski definition) is 6. The van der Waals surface area contributed by atoms with Gasteiger partial charge in [-0.3, -0.25) is 9.78 Å². The van der Waals surface area contributed by atoms with Gasteiger partial charge in [-0.25, -0.2) is 13.8 Å². The number of nitrogens with zero attached hydrogens (tertiary/aromatic N) is 2. The molecule has 0 spiro atoms. The van der Waals surface area contributed by atoms with Crippen LogP contribution < -0.4 is 5.32 Å². The number of thiazole rings is 1. The molecule has 2 heterocycles. The lowest BCUT2D eigenvalue weighted by molar-refractivity contribution is 0.111. The Morgan fingerprint density at radius 1 is 1.25 bits per heavy atom. The van der Waals surface area contributed by atoms with Crippen LogP contribution in [0.4, 0.5) is 13.9 Å². The topological polar surface area (TPSA) is 54.9 Å². The van der Waals surface area contributed by atoms with Crippen molar-refractivity contribution in [2.75, 3.05) is 12.4 Å². The van der Waals surface area contributed by atoms with E-state index < -0.39 is 11.6 Å². The number of aldehydes is 1. The maximum absolute atomic E-state index is 13.6. The highest BCUT2D eigenvalue weighted by Gasteiger charge is 2.15. The number of pyridine rings is 1. The van der Waals surface area contributed by atoms with Crippen LogP contribution in [0.2, 0.25) is 0 Å². The smallest absolute Gasteiger partial charge is 0.183 e. The van der Waals surface area contributed by atoms with Crippen LogP contribution in [-0.4, -0.2) is 23.3 Å². The molecule has 0 saturated carbocycles. The zero-order valence-corrected chi connectivity index (χ0v) is 17.4. The van der Waals surface area contributed by atoms with Gasteiger partial charge in [0, 0.05) is 25.1 Å². The maximum Gasteiger partial charge on any atom is 0.183 e. The van der Waals surface area contributed by atoms with E-state index in [9.17, 15) is 13.6 Å². The van der Waals surface area contributed by atoms with Crippen LogP contribution in [0.3, 0.4) is 0 Å². The summed E-state index contributed by atoms with van der Waals surface area (Å²) in [5, 5.41) is 3.89. The van der Waals surface area contributed by atoms with Crippen molar-refractivity contribution in [3.63, 3.8) is 0 Å². The predicted octanol–water partition coefficient (Wildman–Crippen LogP) is 5.77. The molecular formula is C20H21F2N3OS2. The normalized spacial score (nSPS) is 10.4. The third kappa shape index (κ3) is 6.38. The molecule has 0 aliphatic heterocycles. The Morgan fingerprint density at radius 3 is 2.57 bits per heavy atom. The van der Waals surface area contributed by atoms with E-state index in [0.717, 1.165) is 27.4 Å². The lowest BCUT2D eigenvalue weighted by Crippen LogP contribution is -1.92. The molecule has 0 aliphatic carbocycles. The standard InChI is InChI=1S/C14H16F2N2S2.C6H5NO/c1-8(2)12-13(20-14(17-3)18-12)19-7-9-4-5-10(15)6-11(9)16;8-5-6-3-1-2-4-7-6/h4-6,8H,7H2,1-3H3,(H,17,18);1-5H. The third-order valence-electron chi connectivity index (χ3n) is 3.56. The van der Waals surface area contributed by atoms with E-state index in [-0.39, 0.29) is 0 Å². The summed E-state index contributed by atoms with van der Waals surface area (Å²) in [6, 6.07) is 8.91. The number of thioether (sulfide) groups is 1. The highest BCUT2D eigenvalue weighted by Crippen LogP contribution is 2.37. The van der Waals surface area contributed by atoms with Crippen molar-refractivity contribution < 1.29 is 13.6 Å². The van der Waals surface area contributed by atoms with E-state index in [1.807, 2.05) is 7.05 Å². The molecule has 0 atom stereocenters. The number of benzene rings is 1. The fourth-order valence-corrected chi connectivity index (χ4v) is 4.53. The van der Waals surface area contributed by atoms with E-state index in [1.54, 1.807) is 35.7 Å². The second-order valence-electron chi connectivity index (χ2n) is 5.99. The number of nitrogens with one attached hydrogen (secondary N) is 1. The second kappa shape index (κ2) is 10.9. The van der Waals surface area contributed by atoms with Gasteiger partial charge in [0.05, 0.1) is 9.90 Å². The van der Waals surface area contributed by atoms with Gasteiger partial charge >= 0.3 is 0 Å². The van der Waals surface area contributed by atoms with Crippen LogP contribution >= 0.6 is 23.1 Å². The van der Waals surface area contributed by atoms with Crippen LogP contribution in [0.15, 0.2) is 46.8 Å². The number of rotatable bonds is 6. The summed E-state index contributed by atoms with van der Waals surface area (Å²) < 4.78 is 27.5. The summed E-state index contributed by atoms with van der Waals surface area (Å²) in [6.45, 7) is 4.16. The van der Waals surface area contributed by atoms with Gasteiger partial charge < -0.3 is 5.32 Å². The largest absolute Gasteiger partial charge is 0.365 e. The summed E-state index contributed by atoms with van der Waals surface area (Å²) in [7, 11) is 1.83. The molecule has 0 saturated heterocycles. The van der Waals surface area contributed by atoms with Gasteiger partial charge in [-0.05, 0) is 29.7 Å². The Labute approximate surface area is 171 Å². The number of aromatic nitrogens is 2. The van der Waals surface area contributed by atoms with Crippen LogP contribution in [0.5, 0.6) is 0 Å². The van der Waals surface area contributed by atoms with Gasteiger partial charge in [-0.15, -0.1) is 11.8 Å². The molecule has 0 radical (unpaired) electrons. The van der Waals surface area contributed by atoms with E-state index in [4.69, 9.17) is 0 Å². The molecule has 3 aromatic rings. The highest BCUT2D eigenvalue weighted by atomic mass is 32.2. The van der Waals surface area contributed by atoms with Gasteiger partial charge in [0.1, 0.15) is 17.3 Å². The van der Waals surface area contributed by atoms with E-state index >= 15 is 0 Å². The average Bonchev–Trinajstić information content (AvgIpc) is 3.12. The Morgan fingerprint density at radius 2 is 2.04 bits per heavy atom. The van der Waals surface area contributed by atoms with Gasteiger partial charge in [0.2, 0.25) is 0 Å². The summed E-state index contributed by atoms with van der Waals surface area (Å²) in [5.74, 6) is -0.262. The minimum absolute atomic E-state index is 0.314. The average molecular weight is 422 g/mol. The number of anilines is 1. The molecule has 2 aromatic heterocycles. The Hall–Kier alpha value is -2.32. The van der Waals surface area contributed by atoms with E-state index in [2.05, 4.69) is 29.1 Å². The zero-order valence-electron chi connectivity index (χ0n) is 15.8. The van der Waals surface area contributed by atoms with Gasteiger partial charge in [-0.2, -0.15) is 0 Å². The maximum atomic E-state index is 13.6. The van der Waals surface area contributed by atoms with E-state index in [1.165, 1.54) is 23.9 Å². The van der Waals surface area contributed by atoms with Crippen molar-refractivity contribution in [1.82, 2.24) is 9.97 Å². The van der Waals surface area contributed by atoms with Crippen molar-refractivity contribution >= 4 is 34.5 Å². The molecule has 148 valence electrons. The molecule has 4 nitrogen and oxygen atoms in total. The summed E-state index contributed by atoms with van der Waals surface area (Å²) in [4.78, 5) is 18.2. The van der Waals surface area contributed by atoms with Gasteiger partial charge in [0.15, 0.2) is 11.4 Å². The molecule has 0 amide bonds. The molecule has 0 unspecified atom stereocenters. The zero-order chi connectivity index (χ0) is 20.5. The second-order valence-corrected chi connectivity index (χ2v) is 8.24. The first-order valence-electron chi connectivity index (χ1n) is 8.56. The number of carbonyl (C=O) groups excluding carboxylic acids is 1. The predicted molar refractivity (Wildman–Crippen MR) is 111 cm³/mol. The Kier molecular flexibility index (Phi) is 8.53. The van der Waals surface area contributed by atoms with Crippen molar-refractivity contribution in [3.05, 3.63) is 71.2 Å². The minimum Gasteiger partial charge on any atom is -0.365 e. The minimum atomic E-state index is -0.547. The monoisotopic (exact) mass is 421 g/mol. The van der Waals surface area contributed by atoms with Crippen molar-refractivity contribution in [1.29, 1.82) is 0 Å². The lowest BCUT2D eigenvalue weighted by Gasteiger charge is -2.05. The number of carbonyl (C=O) groups is 1. The van der Waals surface area contributed by atoms with Crippen LogP contribution in [0, 0.1) is 11.6 Å². The molecule has 1 aromatic carbocycles. The van der Waals surface area contributed by atoms with Crippen LogP contribution in [-0.2, 0) is 5.75 Å². The molecule has 8 heteroatoms. The first kappa shape index (κ1) is 22.0. The highest BCUT2D eigenvalue weighted by molar-refractivity contribution is 8.00. The SMILES string of the molecule is CNc1nc(C(C)C)c(SCc2ccc(F)cc2F)s1.O=Cc1ccccn1. The fourth-order valence-electron chi connectivity index (χ4n) is 2.12. The van der Waals surface area contributed by atoms with Crippen molar-refractivity contribution in [3.8, 4) is 0 Å². The third-order valence-corrected chi connectivity index (χ3v) is 5.98. The fraction of sp³-hybridized carbons (Fsp3) is 0.250. The Balaban J connectivity index is 0.000000292. The summed E-state index contributed by atoms with van der Waals surface area (Å²) in [6.07, 6.45) is 2.31. The van der Waals surface area contributed by atoms with Gasteiger partial charge in [0.25, 0.3) is 0 Å². The quantitative estimate of drug-likeness (QED) is 0.404. The Bertz CT molecular complexity index is 902. The summed E-state index contributed by atoms with van der Waals surface area (Å²) in [5.41, 5.74) is 2.00. The molecule has 28 heavy (non-hydrogen) atoms. The molecule has 0 fully saturated rings. The first-order valence-corrected chi connectivity index (χ1v) is 10.4. The lowest BCUT2D eigenvalue weighted by atomic mass is 10.2. The molecule has 3 rings (SSSR count). The van der Waals surface area contributed by atoms with E-state index in [0.29, 0.717) is 22.9 Å². The number of halogens is 2. The van der Waals surface area contributed by atoms with Crippen molar-refractivity contribution in [2.24, 2.45) is 0 Å². The molecular weight excluding hydrogens is 400 g/mol. The first-order chi connectivity index (χ1) is 13.4. The van der Waals surface area contributed by atoms with Crippen LogP contribution in [0.25, 0.3) is 0 Å². The molecule has 0 aliphatic rings. The molecule has 1 N–H and O–H groups in total. The van der Waals surface area contributed by atoms with Crippen molar-refractivity contribution in [2.45, 2.75) is 29.7 Å².